The van der Waals surface area contributed by atoms with Crippen LogP contribution in [0.4, 0.5) is 0 Å². The van der Waals surface area contributed by atoms with E-state index in [2.05, 4.69) is 20.9 Å². The Kier molecular flexibility index (Phi) is 4.69. The summed E-state index contributed by atoms with van der Waals surface area (Å²) in [6.07, 6.45) is 1.43. The highest BCUT2D eigenvalue weighted by atomic mass is 79.9. The number of nitrogens with zero attached hydrogens (tertiary/aromatic N) is 1. The van der Waals surface area contributed by atoms with Crippen molar-refractivity contribution in [1.82, 2.24) is 9.55 Å². The second-order valence-corrected chi connectivity index (χ2v) is 6.56. The van der Waals surface area contributed by atoms with E-state index in [1.165, 1.54) is 10.8 Å². The van der Waals surface area contributed by atoms with E-state index in [0.717, 1.165) is 0 Å². The number of alkyl halides is 2. The SMILES string of the molecule is CC[C@@]1(CCl)O[C@@H](n2cc(Br)c(=O)[nH]c2=O)[C@H](Cl)[C@@H]1C. The molecule has 0 aliphatic carbocycles. The van der Waals surface area contributed by atoms with E-state index in [9.17, 15) is 9.59 Å². The van der Waals surface area contributed by atoms with E-state index < -0.39 is 28.5 Å². The van der Waals surface area contributed by atoms with Crippen LogP contribution in [0.3, 0.4) is 0 Å². The molecule has 4 atom stereocenters. The average molecular weight is 386 g/mol. The van der Waals surface area contributed by atoms with Gasteiger partial charge in [0.15, 0.2) is 6.23 Å². The van der Waals surface area contributed by atoms with E-state index in [-0.39, 0.29) is 10.4 Å². The molecule has 0 spiro atoms. The smallest absolute Gasteiger partial charge is 0.330 e. The molecule has 0 radical (unpaired) electrons. The molecule has 20 heavy (non-hydrogen) atoms. The number of aromatic nitrogens is 2. The van der Waals surface area contributed by atoms with Crippen LogP contribution in [0.15, 0.2) is 20.3 Å². The van der Waals surface area contributed by atoms with Gasteiger partial charge in [0.1, 0.15) is 0 Å². The number of aromatic amines is 1. The number of ether oxygens (including phenoxy) is 1. The van der Waals surface area contributed by atoms with Crippen LogP contribution in [0.1, 0.15) is 26.5 Å². The first-order chi connectivity index (χ1) is 9.36. The van der Waals surface area contributed by atoms with Crippen molar-refractivity contribution in [3.05, 3.63) is 31.5 Å². The molecule has 1 N–H and O–H groups in total. The first-order valence-corrected chi connectivity index (χ1v) is 8.01. The minimum Gasteiger partial charge on any atom is -0.348 e. The lowest BCUT2D eigenvalue weighted by Crippen LogP contribution is -2.37. The number of halogens is 3. The zero-order valence-electron chi connectivity index (χ0n) is 11.0. The van der Waals surface area contributed by atoms with Crippen molar-refractivity contribution in [2.24, 2.45) is 5.92 Å². The third kappa shape index (κ3) is 2.47. The van der Waals surface area contributed by atoms with Gasteiger partial charge in [0.05, 0.1) is 21.3 Å². The van der Waals surface area contributed by atoms with Gasteiger partial charge in [-0.2, -0.15) is 0 Å². The Morgan fingerprint density at radius 1 is 1.55 bits per heavy atom. The van der Waals surface area contributed by atoms with Crippen LogP contribution in [0.5, 0.6) is 0 Å². The number of rotatable bonds is 3. The van der Waals surface area contributed by atoms with Gasteiger partial charge in [-0.1, -0.05) is 13.8 Å². The largest absolute Gasteiger partial charge is 0.348 e. The van der Waals surface area contributed by atoms with E-state index in [4.69, 9.17) is 27.9 Å². The Balaban J connectivity index is 2.47. The van der Waals surface area contributed by atoms with Gasteiger partial charge < -0.3 is 4.74 Å². The van der Waals surface area contributed by atoms with Gasteiger partial charge >= 0.3 is 5.69 Å². The average Bonchev–Trinajstić information content (AvgIpc) is 2.68. The second kappa shape index (κ2) is 5.83. The van der Waals surface area contributed by atoms with Crippen molar-refractivity contribution in [2.45, 2.75) is 37.5 Å². The van der Waals surface area contributed by atoms with Crippen molar-refractivity contribution >= 4 is 39.1 Å². The summed E-state index contributed by atoms with van der Waals surface area (Å²) < 4.78 is 7.53. The van der Waals surface area contributed by atoms with Crippen molar-refractivity contribution < 1.29 is 4.74 Å². The predicted molar refractivity (Wildman–Crippen MR) is 81.7 cm³/mol. The zero-order chi connectivity index (χ0) is 15.1. The van der Waals surface area contributed by atoms with E-state index in [0.29, 0.717) is 12.3 Å². The number of H-pyrrole nitrogens is 1. The van der Waals surface area contributed by atoms with Gasteiger partial charge in [0.2, 0.25) is 0 Å². The van der Waals surface area contributed by atoms with Crippen molar-refractivity contribution in [3.63, 3.8) is 0 Å². The fourth-order valence-electron chi connectivity index (χ4n) is 2.46. The molecule has 5 nitrogen and oxygen atoms in total. The fraction of sp³-hybridized carbons (Fsp3) is 0.667. The number of hydrogen-bond acceptors (Lipinski definition) is 3. The van der Waals surface area contributed by atoms with Crippen LogP contribution in [0, 0.1) is 5.92 Å². The normalized spacial score (nSPS) is 33.5. The van der Waals surface area contributed by atoms with Gasteiger partial charge in [-0.15, -0.1) is 23.2 Å². The molecular weight excluding hydrogens is 371 g/mol. The molecule has 2 heterocycles. The molecule has 0 unspecified atom stereocenters. The highest BCUT2D eigenvalue weighted by Gasteiger charge is 2.51. The van der Waals surface area contributed by atoms with Gasteiger partial charge in [-0.3, -0.25) is 14.3 Å². The first-order valence-electron chi connectivity index (χ1n) is 6.25. The third-order valence-corrected chi connectivity index (χ3v) is 5.57. The van der Waals surface area contributed by atoms with Gasteiger partial charge in [-0.05, 0) is 22.4 Å². The molecule has 1 aromatic heterocycles. The Hall–Kier alpha value is -0.300. The highest BCUT2D eigenvalue weighted by molar-refractivity contribution is 9.10. The molecular formula is C12H15BrCl2N2O3. The summed E-state index contributed by atoms with van der Waals surface area (Å²) in [7, 11) is 0. The summed E-state index contributed by atoms with van der Waals surface area (Å²) in [4.78, 5) is 25.5. The van der Waals surface area contributed by atoms with E-state index >= 15 is 0 Å². The first kappa shape index (κ1) is 16.1. The Labute approximate surface area is 134 Å². The van der Waals surface area contributed by atoms with Gasteiger partial charge in [-0.25, -0.2) is 4.79 Å². The Morgan fingerprint density at radius 2 is 2.20 bits per heavy atom. The van der Waals surface area contributed by atoms with Gasteiger partial charge in [0, 0.05) is 12.1 Å². The maximum absolute atomic E-state index is 11.9. The lowest BCUT2D eigenvalue weighted by atomic mass is 9.88. The molecule has 1 fully saturated rings. The minimum atomic E-state index is -0.661. The zero-order valence-corrected chi connectivity index (χ0v) is 14.1. The monoisotopic (exact) mass is 384 g/mol. The molecule has 8 heteroatoms. The van der Waals surface area contributed by atoms with Crippen molar-refractivity contribution in [3.8, 4) is 0 Å². The molecule has 1 aliphatic heterocycles. The van der Waals surface area contributed by atoms with Crippen molar-refractivity contribution in [1.29, 1.82) is 0 Å². The topological polar surface area (TPSA) is 64.1 Å². The molecule has 2 rings (SSSR count). The van der Waals surface area contributed by atoms with Crippen LogP contribution in [0.2, 0.25) is 0 Å². The highest BCUT2D eigenvalue weighted by Crippen LogP contribution is 2.46. The van der Waals surface area contributed by atoms with Crippen LogP contribution < -0.4 is 11.2 Å². The molecule has 0 bridgehead atoms. The standard InChI is InChI=1S/C12H15BrCl2N2O3/c1-3-12(5-14)6(2)8(15)10(20-12)17-4-7(13)9(18)16-11(17)19/h4,6,8,10H,3,5H2,1-2H3,(H,16,18,19)/t6-,8+,10+,12-/m0/s1. The molecule has 0 saturated carbocycles. The summed E-state index contributed by atoms with van der Waals surface area (Å²) >= 11 is 15.6. The van der Waals surface area contributed by atoms with Crippen LogP contribution >= 0.6 is 39.1 Å². The van der Waals surface area contributed by atoms with Gasteiger partial charge in [0.25, 0.3) is 5.56 Å². The number of nitrogens with one attached hydrogen (secondary N) is 1. The lowest BCUT2D eigenvalue weighted by molar-refractivity contribution is -0.0724. The fourth-order valence-corrected chi connectivity index (χ4v) is 3.68. The molecule has 0 amide bonds. The van der Waals surface area contributed by atoms with E-state index in [1.54, 1.807) is 0 Å². The lowest BCUT2D eigenvalue weighted by Gasteiger charge is -2.29. The maximum atomic E-state index is 11.9. The number of hydrogen-bond donors (Lipinski definition) is 1. The summed E-state index contributed by atoms with van der Waals surface area (Å²) in [5.41, 5.74) is -1.61. The maximum Gasteiger partial charge on any atom is 0.330 e. The molecule has 0 aromatic carbocycles. The molecule has 1 saturated heterocycles. The summed E-state index contributed by atoms with van der Waals surface area (Å²) in [5, 5.41) is -0.413. The van der Waals surface area contributed by atoms with Crippen LogP contribution in [-0.4, -0.2) is 26.4 Å². The van der Waals surface area contributed by atoms with Crippen LogP contribution in [-0.2, 0) is 4.74 Å². The summed E-state index contributed by atoms with van der Waals surface area (Å²) in [6, 6.07) is 0. The summed E-state index contributed by atoms with van der Waals surface area (Å²) in [6.45, 7) is 3.92. The van der Waals surface area contributed by atoms with Crippen molar-refractivity contribution in [2.75, 3.05) is 5.88 Å². The Bertz CT molecular complexity index is 611. The third-order valence-electron chi connectivity index (χ3n) is 3.96. The summed E-state index contributed by atoms with van der Waals surface area (Å²) in [5.74, 6) is 0.276. The molecule has 1 aliphatic rings. The second-order valence-electron chi connectivity index (χ2n) is 4.94. The van der Waals surface area contributed by atoms with E-state index in [1.807, 2.05) is 13.8 Å². The molecule has 1 aromatic rings. The quantitative estimate of drug-likeness (QED) is 0.812. The Morgan fingerprint density at radius 3 is 2.70 bits per heavy atom. The van der Waals surface area contributed by atoms with Crippen LogP contribution in [0.25, 0.3) is 0 Å². The minimum absolute atomic E-state index is 0.0192. The molecule has 112 valence electrons. The predicted octanol–water partition coefficient (Wildman–Crippen LogP) is 2.46.